The number of nitrogens with zero attached hydrogens (tertiary/aromatic N) is 3. The summed E-state index contributed by atoms with van der Waals surface area (Å²) in [4.78, 5) is 18.3. The molecule has 0 aliphatic carbocycles. The molecule has 1 aliphatic rings. The van der Waals surface area contributed by atoms with Gasteiger partial charge in [-0.25, -0.2) is 13.8 Å². The second kappa shape index (κ2) is 7.74. The van der Waals surface area contributed by atoms with Gasteiger partial charge in [0.2, 0.25) is 5.91 Å². The fourth-order valence-electron chi connectivity index (χ4n) is 3.18. The molecular formula is C18H22F2N4O. The van der Waals surface area contributed by atoms with Crippen molar-refractivity contribution in [1.82, 2.24) is 19.8 Å². The molecule has 1 aliphatic heterocycles. The zero-order valence-electron chi connectivity index (χ0n) is 14.2. The molecule has 2 aromatic rings. The third-order valence-corrected chi connectivity index (χ3v) is 4.65. The van der Waals surface area contributed by atoms with Gasteiger partial charge in [-0.2, -0.15) is 0 Å². The Morgan fingerprint density at radius 1 is 1.40 bits per heavy atom. The van der Waals surface area contributed by atoms with E-state index in [1.807, 2.05) is 11.8 Å². The monoisotopic (exact) mass is 348 g/mol. The molecule has 1 saturated heterocycles. The molecule has 0 radical (unpaired) electrons. The van der Waals surface area contributed by atoms with Crippen LogP contribution in [0.15, 0.2) is 36.9 Å². The normalized spacial score (nSPS) is 19.6. The number of hydrogen-bond donors (Lipinski definition) is 1. The summed E-state index contributed by atoms with van der Waals surface area (Å²) in [5, 5.41) is 3.04. The fraction of sp³-hybridized carbons (Fsp3) is 0.444. The number of carbonyl (C=O) groups is 1. The molecule has 1 fully saturated rings. The van der Waals surface area contributed by atoms with E-state index in [-0.39, 0.29) is 30.1 Å². The van der Waals surface area contributed by atoms with Crippen LogP contribution >= 0.6 is 0 Å². The average Bonchev–Trinajstić information content (AvgIpc) is 3.12. The Kier molecular flexibility index (Phi) is 5.43. The predicted octanol–water partition coefficient (Wildman–Crippen LogP) is 2.50. The lowest BCUT2D eigenvalue weighted by Crippen LogP contribution is -2.48. The summed E-state index contributed by atoms with van der Waals surface area (Å²) in [5.41, 5.74) is 0.0845. The number of aromatic nitrogens is 2. The number of rotatable bonds is 5. The molecule has 0 spiro atoms. The Morgan fingerprint density at radius 3 is 2.84 bits per heavy atom. The molecule has 1 aromatic carbocycles. The van der Waals surface area contributed by atoms with Gasteiger partial charge >= 0.3 is 0 Å². The molecule has 3 rings (SSSR count). The number of benzene rings is 1. The molecule has 0 saturated carbocycles. The lowest BCUT2D eigenvalue weighted by Gasteiger charge is -2.33. The van der Waals surface area contributed by atoms with E-state index in [0.717, 1.165) is 19.4 Å². The van der Waals surface area contributed by atoms with Crippen molar-refractivity contribution >= 4 is 5.91 Å². The Labute approximate surface area is 145 Å². The summed E-state index contributed by atoms with van der Waals surface area (Å²) in [6, 6.07) is 3.54. The van der Waals surface area contributed by atoms with Crippen LogP contribution in [0.1, 0.15) is 31.4 Å². The van der Waals surface area contributed by atoms with Gasteiger partial charge in [0.1, 0.15) is 17.7 Å². The van der Waals surface area contributed by atoms with Crippen LogP contribution in [0.5, 0.6) is 0 Å². The molecule has 1 amide bonds. The summed E-state index contributed by atoms with van der Waals surface area (Å²) in [7, 11) is 0. The predicted molar refractivity (Wildman–Crippen MR) is 89.7 cm³/mol. The average molecular weight is 348 g/mol. The van der Waals surface area contributed by atoms with Crippen LogP contribution in [0.3, 0.4) is 0 Å². The maximum Gasteiger partial charge on any atom is 0.243 e. The van der Waals surface area contributed by atoms with Crippen LogP contribution in [0, 0.1) is 11.6 Å². The number of hydrogen-bond acceptors (Lipinski definition) is 3. The quantitative estimate of drug-likeness (QED) is 0.903. The van der Waals surface area contributed by atoms with Gasteiger partial charge in [0.25, 0.3) is 0 Å². The maximum absolute atomic E-state index is 13.8. The van der Waals surface area contributed by atoms with Crippen LogP contribution in [-0.4, -0.2) is 39.5 Å². The molecule has 0 unspecified atom stereocenters. The fourth-order valence-corrected chi connectivity index (χ4v) is 3.18. The van der Waals surface area contributed by atoms with Crippen molar-refractivity contribution in [2.75, 3.05) is 13.1 Å². The topological polar surface area (TPSA) is 50.2 Å². The Hall–Kier alpha value is -2.28. The van der Waals surface area contributed by atoms with Crippen LogP contribution in [0.4, 0.5) is 8.78 Å². The standard InChI is InChI=1S/C18H22F2N4O/c1-13(24-9-7-21-12-24)18(25)22-14-4-3-8-23(10-14)11-15-16(19)5-2-6-17(15)20/h2,5-7,9,12-14H,3-4,8,10-11H2,1H3,(H,22,25)/t13-,14-/m1/s1. The molecule has 5 nitrogen and oxygen atoms in total. The Balaban J connectivity index is 1.59. The number of carbonyl (C=O) groups excluding carboxylic acids is 1. The minimum atomic E-state index is -0.528. The van der Waals surface area contributed by atoms with Crippen molar-refractivity contribution in [1.29, 1.82) is 0 Å². The van der Waals surface area contributed by atoms with Crippen molar-refractivity contribution in [2.24, 2.45) is 0 Å². The molecule has 2 atom stereocenters. The van der Waals surface area contributed by atoms with Gasteiger partial charge in [-0.3, -0.25) is 9.69 Å². The smallest absolute Gasteiger partial charge is 0.243 e. The molecule has 7 heteroatoms. The van der Waals surface area contributed by atoms with Crippen molar-refractivity contribution in [3.63, 3.8) is 0 Å². The van der Waals surface area contributed by atoms with Gasteiger partial charge in [-0.1, -0.05) is 6.07 Å². The van der Waals surface area contributed by atoms with Crippen molar-refractivity contribution in [2.45, 2.75) is 38.4 Å². The molecule has 25 heavy (non-hydrogen) atoms. The van der Waals surface area contributed by atoms with Crippen LogP contribution in [0.25, 0.3) is 0 Å². The third-order valence-electron chi connectivity index (χ3n) is 4.65. The van der Waals surface area contributed by atoms with E-state index in [1.54, 1.807) is 23.3 Å². The first-order valence-electron chi connectivity index (χ1n) is 8.47. The first-order chi connectivity index (χ1) is 12.0. The summed E-state index contributed by atoms with van der Waals surface area (Å²) >= 11 is 0. The van der Waals surface area contributed by atoms with E-state index in [0.29, 0.717) is 6.54 Å². The lowest BCUT2D eigenvalue weighted by molar-refractivity contribution is -0.125. The number of amides is 1. The minimum Gasteiger partial charge on any atom is -0.350 e. The molecule has 134 valence electrons. The minimum absolute atomic E-state index is 0.0259. The highest BCUT2D eigenvalue weighted by atomic mass is 19.1. The summed E-state index contributed by atoms with van der Waals surface area (Å²) in [6.45, 7) is 3.36. The number of nitrogens with one attached hydrogen (secondary N) is 1. The SMILES string of the molecule is C[C@H](C(=O)N[C@@H]1CCCN(Cc2c(F)cccc2F)C1)n1ccnc1. The van der Waals surface area contributed by atoms with E-state index in [1.165, 1.54) is 18.2 Å². The van der Waals surface area contributed by atoms with E-state index in [9.17, 15) is 13.6 Å². The van der Waals surface area contributed by atoms with Gasteiger partial charge in [-0.15, -0.1) is 0 Å². The third kappa shape index (κ3) is 4.22. The molecular weight excluding hydrogens is 326 g/mol. The second-order valence-corrected chi connectivity index (χ2v) is 6.47. The molecule has 1 N–H and O–H groups in total. The van der Waals surface area contributed by atoms with E-state index < -0.39 is 11.6 Å². The Bertz CT molecular complexity index is 700. The number of imidazole rings is 1. The van der Waals surface area contributed by atoms with Crippen LogP contribution in [-0.2, 0) is 11.3 Å². The highest BCUT2D eigenvalue weighted by Crippen LogP contribution is 2.19. The van der Waals surface area contributed by atoms with Crippen molar-refractivity contribution in [3.05, 3.63) is 54.1 Å². The highest BCUT2D eigenvalue weighted by Gasteiger charge is 2.25. The molecule has 1 aromatic heterocycles. The van der Waals surface area contributed by atoms with Gasteiger partial charge in [0.15, 0.2) is 0 Å². The molecule has 0 bridgehead atoms. The first kappa shape index (κ1) is 17.5. The van der Waals surface area contributed by atoms with E-state index in [4.69, 9.17) is 0 Å². The van der Waals surface area contributed by atoms with Crippen molar-refractivity contribution in [3.8, 4) is 0 Å². The van der Waals surface area contributed by atoms with E-state index in [2.05, 4.69) is 10.3 Å². The molecule has 2 heterocycles. The van der Waals surface area contributed by atoms with Crippen LogP contribution < -0.4 is 5.32 Å². The summed E-state index contributed by atoms with van der Waals surface area (Å²) < 4.78 is 29.4. The zero-order valence-corrected chi connectivity index (χ0v) is 14.2. The van der Waals surface area contributed by atoms with Gasteiger partial charge in [-0.05, 0) is 38.4 Å². The lowest BCUT2D eigenvalue weighted by atomic mass is 10.0. The maximum atomic E-state index is 13.8. The van der Waals surface area contributed by atoms with Crippen LogP contribution in [0.2, 0.25) is 0 Å². The second-order valence-electron chi connectivity index (χ2n) is 6.47. The van der Waals surface area contributed by atoms with Gasteiger partial charge in [0.05, 0.1) is 6.33 Å². The summed E-state index contributed by atoms with van der Waals surface area (Å²) in [6.07, 6.45) is 6.73. The first-order valence-corrected chi connectivity index (χ1v) is 8.47. The highest BCUT2D eigenvalue weighted by molar-refractivity contribution is 5.80. The van der Waals surface area contributed by atoms with E-state index >= 15 is 0 Å². The van der Waals surface area contributed by atoms with Gasteiger partial charge < -0.3 is 9.88 Å². The van der Waals surface area contributed by atoms with Gasteiger partial charge in [0, 0.05) is 37.1 Å². The number of likely N-dealkylation sites (tertiary alicyclic amines) is 1. The summed E-state index contributed by atoms with van der Waals surface area (Å²) in [5.74, 6) is -1.14. The van der Waals surface area contributed by atoms with Crippen molar-refractivity contribution < 1.29 is 13.6 Å². The number of halogens is 2. The zero-order chi connectivity index (χ0) is 17.8. The number of piperidine rings is 1. The Morgan fingerprint density at radius 2 is 2.16 bits per heavy atom. The largest absolute Gasteiger partial charge is 0.350 e.